The van der Waals surface area contributed by atoms with Gasteiger partial charge in [-0.15, -0.1) is 11.8 Å². The topological polar surface area (TPSA) is 84.9 Å². The Bertz CT molecular complexity index is 776. The quantitative estimate of drug-likeness (QED) is 0.671. The standard InChI is InChI=1S/C20H24N2O5S/c1-3-27-16(23)12-28-11-15-17(19(24)26-2)18(13-7-5-4-6-8-13)21-20(25)22(15)14-9-10-14/h4-8,14,18H,3,9-12H2,1-2H3,(H,21,25). The van der Waals surface area contributed by atoms with E-state index in [4.69, 9.17) is 9.47 Å². The van der Waals surface area contributed by atoms with E-state index in [0.717, 1.165) is 18.4 Å². The summed E-state index contributed by atoms with van der Waals surface area (Å²) >= 11 is 1.33. The van der Waals surface area contributed by atoms with Crippen LogP contribution >= 0.6 is 11.8 Å². The number of hydrogen-bond donors (Lipinski definition) is 1. The Labute approximate surface area is 168 Å². The van der Waals surface area contributed by atoms with E-state index in [0.29, 0.717) is 23.6 Å². The molecule has 1 fully saturated rings. The number of nitrogens with zero attached hydrogens (tertiary/aromatic N) is 1. The van der Waals surface area contributed by atoms with E-state index < -0.39 is 12.0 Å². The molecule has 2 aliphatic rings. The Morgan fingerprint density at radius 2 is 1.96 bits per heavy atom. The third-order valence-corrected chi connectivity index (χ3v) is 5.51. The van der Waals surface area contributed by atoms with Gasteiger partial charge in [-0.05, 0) is 25.3 Å². The zero-order chi connectivity index (χ0) is 20.1. The van der Waals surface area contributed by atoms with Crippen LogP contribution in [0.4, 0.5) is 4.79 Å². The zero-order valence-corrected chi connectivity index (χ0v) is 16.8. The predicted octanol–water partition coefficient (Wildman–Crippen LogP) is 2.64. The van der Waals surface area contributed by atoms with Gasteiger partial charge >= 0.3 is 18.0 Å². The predicted molar refractivity (Wildman–Crippen MR) is 106 cm³/mol. The van der Waals surface area contributed by atoms with Crippen LogP contribution in [0.15, 0.2) is 41.6 Å². The Morgan fingerprint density at radius 3 is 2.57 bits per heavy atom. The molecule has 2 amide bonds. The third kappa shape index (κ3) is 4.49. The second-order valence-electron chi connectivity index (χ2n) is 6.54. The van der Waals surface area contributed by atoms with Gasteiger partial charge in [-0.2, -0.15) is 0 Å². The summed E-state index contributed by atoms with van der Waals surface area (Å²) < 4.78 is 10.0. The van der Waals surface area contributed by atoms with Crippen molar-refractivity contribution >= 4 is 29.7 Å². The average molecular weight is 404 g/mol. The Morgan fingerprint density at radius 1 is 1.25 bits per heavy atom. The molecule has 0 aromatic heterocycles. The highest BCUT2D eigenvalue weighted by Gasteiger charge is 2.43. The summed E-state index contributed by atoms with van der Waals surface area (Å²) in [5, 5.41) is 2.95. The fourth-order valence-electron chi connectivity index (χ4n) is 3.23. The molecule has 1 aromatic carbocycles. The van der Waals surface area contributed by atoms with E-state index in [9.17, 15) is 14.4 Å². The first-order chi connectivity index (χ1) is 13.6. The van der Waals surface area contributed by atoms with Crippen molar-refractivity contribution in [2.45, 2.75) is 31.8 Å². The molecule has 1 heterocycles. The second kappa shape index (κ2) is 9.14. The highest BCUT2D eigenvalue weighted by molar-refractivity contribution is 8.00. The van der Waals surface area contributed by atoms with Gasteiger partial charge in [0.1, 0.15) is 0 Å². The number of methoxy groups -OCH3 is 1. The van der Waals surface area contributed by atoms with E-state index >= 15 is 0 Å². The number of hydrogen-bond acceptors (Lipinski definition) is 6. The summed E-state index contributed by atoms with van der Waals surface area (Å²) in [5.74, 6) is -0.296. The van der Waals surface area contributed by atoms with E-state index in [2.05, 4.69) is 5.32 Å². The van der Waals surface area contributed by atoms with Crippen molar-refractivity contribution in [3.05, 3.63) is 47.2 Å². The van der Waals surface area contributed by atoms with E-state index in [1.165, 1.54) is 18.9 Å². The molecule has 1 N–H and O–H groups in total. The molecular weight excluding hydrogens is 380 g/mol. The Hall–Kier alpha value is -2.48. The van der Waals surface area contributed by atoms with Crippen LogP contribution in [0.2, 0.25) is 0 Å². The number of benzene rings is 1. The fraction of sp³-hybridized carbons (Fsp3) is 0.450. The molecule has 8 heteroatoms. The largest absolute Gasteiger partial charge is 0.466 e. The van der Waals surface area contributed by atoms with E-state index in [1.54, 1.807) is 11.8 Å². The summed E-state index contributed by atoms with van der Waals surface area (Å²) in [6, 6.07) is 8.59. The van der Waals surface area contributed by atoms with Crippen molar-refractivity contribution in [1.82, 2.24) is 10.2 Å². The van der Waals surface area contributed by atoms with Crippen molar-refractivity contribution < 1.29 is 23.9 Å². The number of carbonyl (C=O) groups excluding carboxylic acids is 3. The van der Waals surface area contributed by atoms with E-state index in [-0.39, 0.29) is 23.8 Å². The van der Waals surface area contributed by atoms with Crippen LogP contribution in [-0.2, 0) is 19.1 Å². The average Bonchev–Trinajstić information content (AvgIpc) is 3.53. The number of thioether (sulfide) groups is 1. The summed E-state index contributed by atoms with van der Waals surface area (Å²) in [6.45, 7) is 2.08. The Kier molecular flexibility index (Phi) is 6.61. The number of urea groups is 1. The number of esters is 2. The molecule has 1 unspecified atom stereocenters. The minimum atomic E-state index is -0.589. The molecule has 3 rings (SSSR count). The highest BCUT2D eigenvalue weighted by Crippen LogP contribution is 2.39. The molecule has 0 saturated heterocycles. The van der Waals surface area contributed by atoms with Crippen molar-refractivity contribution in [1.29, 1.82) is 0 Å². The van der Waals surface area contributed by atoms with Crippen LogP contribution in [-0.4, -0.2) is 54.1 Å². The summed E-state index contributed by atoms with van der Waals surface area (Å²) in [6.07, 6.45) is 1.79. The maximum Gasteiger partial charge on any atom is 0.338 e. The Balaban J connectivity index is 1.95. The fourth-order valence-corrected chi connectivity index (χ4v) is 4.07. The lowest BCUT2D eigenvalue weighted by atomic mass is 9.95. The molecule has 0 bridgehead atoms. The lowest BCUT2D eigenvalue weighted by Crippen LogP contribution is -2.50. The van der Waals surface area contributed by atoms with Gasteiger partial charge in [0.25, 0.3) is 0 Å². The molecule has 1 atom stereocenters. The highest BCUT2D eigenvalue weighted by atomic mass is 32.2. The van der Waals surface area contributed by atoms with Crippen LogP contribution < -0.4 is 5.32 Å². The normalized spacial score (nSPS) is 19.3. The van der Waals surface area contributed by atoms with Gasteiger partial charge in [0.15, 0.2) is 0 Å². The summed E-state index contributed by atoms with van der Waals surface area (Å²) in [4.78, 5) is 38.9. The molecule has 7 nitrogen and oxygen atoms in total. The minimum absolute atomic E-state index is 0.0783. The number of amides is 2. The van der Waals surface area contributed by atoms with E-state index in [1.807, 2.05) is 30.3 Å². The van der Waals surface area contributed by atoms with Crippen molar-refractivity contribution in [2.75, 3.05) is 25.2 Å². The van der Waals surface area contributed by atoms with Gasteiger partial charge in [0.05, 0.1) is 31.1 Å². The molecule has 28 heavy (non-hydrogen) atoms. The molecule has 1 aliphatic carbocycles. The maximum atomic E-state index is 12.9. The SMILES string of the molecule is CCOC(=O)CSCC1=C(C(=O)OC)C(c2ccccc2)NC(=O)N1C1CC1. The summed E-state index contributed by atoms with van der Waals surface area (Å²) in [5.41, 5.74) is 1.83. The summed E-state index contributed by atoms with van der Waals surface area (Å²) in [7, 11) is 1.33. The van der Waals surface area contributed by atoms with Crippen LogP contribution in [0.3, 0.4) is 0 Å². The van der Waals surface area contributed by atoms with Crippen LogP contribution in [0.1, 0.15) is 31.4 Å². The first kappa shape index (κ1) is 20.3. The van der Waals surface area contributed by atoms with Crippen molar-refractivity contribution in [2.24, 2.45) is 0 Å². The van der Waals surface area contributed by atoms with Crippen LogP contribution in [0, 0.1) is 0 Å². The minimum Gasteiger partial charge on any atom is -0.466 e. The third-order valence-electron chi connectivity index (χ3n) is 4.59. The molecular formula is C20H24N2O5S. The lowest BCUT2D eigenvalue weighted by molar-refractivity contribution is -0.140. The monoisotopic (exact) mass is 404 g/mol. The van der Waals surface area contributed by atoms with Crippen LogP contribution in [0.25, 0.3) is 0 Å². The van der Waals surface area contributed by atoms with Gasteiger partial charge in [0, 0.05) is 17.5 Å². The molecule has 1 aliphatic heterocycles. The van der Waals surface area contributed by atoms with Gasteiger partial charge in [-0.3, -0.25) is 9.69 Å². The number of rotatable bonds is 8. The smallest absolute Gasteiger partial charge is 0.338 e. The van der Waals surface area contributed by atoms with Gasteiger partial charge in [-0.25, -0.2) is 9.59 Å². The number of ether oxygens (including phenoxy) is 2. The van der Waals surface area contributed by atoms with Gasteiger partial charge < -0.3 is 14.8 Å². The number of nitrogens with one attached hydrogen (secondary N) is 1. The zero-order valence-electron chi connectivity index (χ0n) is 16.0. The lowest BCUT2D eigenvalue weighted by Gasteiger charge is -2.36. The van der Waals surface area contributed by atoms with Gasteiger partial charge in [-0.1, -0.05) is 30.3 Å². The first-order valence-electron chi connectivity index (χ1n) is 9.26. The molecule has 1 aromatic rings. The molecule has 1 saturated carbocycles. The van der Waals surface area contributed by atoms with Crippen molar-refractivity contribution in [3.63, 3.8) is 0 Å². The second-order valence-corrected chi connectivity index (χ2v) is 7.53. The molecule has 0 spiro atoms. The maximum absolute atomic E-state index is 12.9. The molecule has 150 valence electrons. The number of carbonyl (C=O) groups is 3. The molecule has 0 radical (unpaired) electrons. The van der Waals surface area contributed by atoms with Gasteiger partial charge in [0.2, 0.25) is 0 Å². The first-order valence-corrected chi connectivity index (χ1v) is 10.4. The van der Waals surface area contributed by atoms with Crippen LogP contribution in [0.5, 0.6) is 0 Å². The van der Waals surface area contributed by atoms with Crippen molar-refractivity contribution in [3.8, 4) is 0 Å².